The lowest BCUT2D eigenvalue weighted by atomic mass is 10.2. The maximum Gasteiger partial charge on any atom is 0.137 e. The number of aromatic nitrogens is 2. The highest BCUT2D eigenvalue weighted by Gasteiger charge is 1.99. The van der Waals surface area contributed by atoms with Crippen LogP contribution in [0.2, 0.25) is 0 Å². The van der Waals surface area contributed by atoms with Gasteiger partial charge in [-0.15, -0.1) is 0 Å². The SMILES string of the molecule is C=Cc1cnc2[nH]c(CC)cc2c1. The van der Waals surface area contributed by atoms with Gasteiger partial charge < -0.3 is 4.98 Å². The van der Waals surface area contributed by atoms with E-state index in [0.29, 0.717) is 0 Å². The van der Waals surface area contributed by atoms with Crippen molar-refractivity contribution in [2.75, 3.05) is 0 Å². The molecule has 0 atom stereocenters. The first-order chi connectivity index (χ1) is 6.33. The Morgan fingerprint density at radius 3 is 3.08 bits per heavy atom. The van der Waals surface area contributed by atoms with E-state index in [1.54, 1.807) is 0 Å². The molecule has 0 aromatic carbocycles. The molecule has 2 heteroatoms. The molecule has 0 spiro atoms. The first kappa shape index (κ1) is 8.05. The van der Waals surface area contributed by atoms with Crippen molar-refractivity contribution < 1.29 is 0 Å². The van der Waals surface area contributed by atoms with Crippen LogP contribution in [0.4, 0.5) is 0 Å². The van der Waals surface area contributed by atoms with Gasteiger partial charge in [0, 0.05) is 17.3 Å². The number of aromatic amines is 1. The Morgan fingerprint density at radius 2 is 2.38 bits per heavy atom. The zero-order valence-corrected chi connectivity index (χ0v) is 7.67. The van der Waals surface area contributed by atoms with Crippen molar-refractivity contribution in [1.29, 1.82) is 0 Å². The van der Waals surface area contributed by atoms with E-state index < -0.39 is 0 Å². The van der Waals surface area contributed by atoms with Gasteiger partial charge in [-0.05, 0) is 24.1 Å². The molecule has 0 saturated heterocycles. The first-order valence-corrected chi connectivity index (χ1v) is 4.43. The Balaban J connectivity index is 2.63. The van der Waals surface area contributed by atoms with Crippen LogP contribution in [0.1, 0.15) is 18.2 Å². The van der Waals surface area contributed by atoms with Gasteiger partial charge in [0.15, 0.2) is 0 Å². The summed E-state index contributed by atoms with van der Waals surface area (Å²) in [6, 6.07) is 4.22. The lowest BCUT2D eigenvalue weighted by molar-refractivity contribution is 1.07. The molecule has 0 aliphatic carbocycles. The van der Waals surface area contributed by atoms with Crippen molar-refractivity contribution in [3.05, 3.63) is 36.2 Å². The van der Waals surface area contributed by atoms with Crippen LogP contribution in [0.25, 0.3) is 17.1 Å². The zero-order chi connectivity index (χ0) is 9.26. The van der Waals surface area contributed by atoms with Crippen molar-refractivity contribution in [2.45, 2.75) is 13.3 Å². The second kappa shape index (κ2) is 3.05. The van der Waals surface area contributed by atoms with E-state index in [1.165, 1.54) is 5.69 Å². The molecule has 0 unspecified atom stereocenters. The predicted molar refractivity (Wildman–Crippen MR) is 55.6 cm³/mol. The molecule has 66 valence electrons. The molecule has 0 radical (unpaired) electrons. The van der Waals surface area contributed by atoms with Crippen molar-refractivity contribution in [3.63, 3.8) is 0 Å². The summed E-state index contributed by atoms with van der Waals surface area (Å²) in [5.74, 6) is 0. The third-order valence-electron chi connectivity index (χ3n) is 2.16. The van der Waals surface area contributed by atoms with Crippen LogP contribution in [-0.4, -0.2) is 9.97 Å². The third-order valence-corrected chi connectivity index (χ3v) is 2.16. The summed E-state index contributed by atoms with van der Waals surface area (Å²) in [4.78, 5) is 7.54. The topological polar surface area (TPSA) is 28.7 Å². The van der Waals surface area contributed by atoms with E-state index in [0.717, 1.165) is 23.0 Å². The van der Waals surface area contributed by atoms with E-state index in [4.69, 9.17) is 0 Å². The van der Waals surface area contributed by atoms with Gasteiger partial charge in [-0.3, -0.25) is 0 Å². The number of rotatable bonds is 2. The molecule has 0 saturated carbocycles. The monoisotopic (exact) mass is 172 g/mol. The number of fused-ring (bicyclic) bond motifs is 1. The Bertz CT molecular complexity index is 440. The molecule has 0 amide bonds. The highest BCUT2D eigenvalue weighted by Crippen LogP contribution is 2.15. The maximum atomic E-state index is 4.29. The normalized spacial score (nSPS) is 10.5. The fourth-order valence-corrected chi connectivity index (χ4v) is 1.39. The largest absolute Gasteiger partial charge is 0.343 e. The smallest absolute Gasteiger partial charge is 0.137 e. The van der Waals surface area contributed by atoms with Gasteiger partial charge >= 0.3 is 0 Å². The quantitative estimate of drug-likeness (QED) is 0.741. The molecule has 2 rings (SSSR count). The van der Waals surface area contributed by atoms with Gasteiger partial charge in [0.2, 0.25) is 0 Å². The fourth-order valence-electron chi connectivity index (χ4n) is 1.39. The summed E-state index contributed by atoms with van der Waals surface area (Å²) in [7, 11) is 0. The average Bonchev–Trinajstić information content (AvgIpc) is 2.58. The standard InChI is InChI=1S/C11H12N2/c1-3-8-5-9-6-10(4-2)13-11(9)12-7-8/h3,5-7H,1,4H2,2H3,(H,12,13). The summed E-state index contributed by atoms with van der Waals surface area (Å²) in [6.45, 7) is 5.84. The Hall–Kier alpha value is -1.57. The van der Waals surface area contributed by atoms with E-state index in [2.05, 4.69) is 35.6 Å². The summed E-state index contributed by atoms with van der Waals surface area (Å²) in [5.41, 5.74) is 3.25. The highest BCUT2D eigenvalue weighted by atomic mass is 14.8. The summed E-state index contributed by atoms with van der Waals surface area (Å²) in [5, 5.41) is 1.16. The van der Waals surface area contributed by atoms with Gasteiger partial charge in [-0.1, -0.05) is 19.6 Å². The van der Waals surface area contributed by atoms with Gasteiger partial charge in [0.1, 0.15) is 5.65 Å². The van der Waals surface area contributed by atoms with Gasteiger partial charge in [-0.2, -0.15) is 0 Å². The predicted octanol–water partition coefficient (Wildman–Crippen LogP) is 2.77. The maximum absolute atomic E-state index is 4.29. The average molecular weight is 172 g/mol. The van der Waals surface area contributed by atoms with Crippen molar-refractivity contribution >= 4 is 17.1 Å². The van der Waals surface area contributed by atoms with Gasteiger partial charge in [-0.25, -0.2) is 4.98 Å². The molecule has 0 aliphatic rings. The Labute approximate surface area is 77.3 Å². The minimum Gasteiger partial charge on any atom is -0.343 e. The van der Waals surface area contributed by atoms with Crippen LogP contribution in [0.5, 0.6) is 0 Å². The molecular weight excluding hydrogens is 160 g/mol. The van der Waals surface area contributed by atoms with Crippen LogP contribution in [0, 0.1) is 0 Å². The lowest BCUT2D eigenvalue weighted by Crippen LogP contribution is -1.79. The number of nitrogens with zero attached hydrogens (tertiary/aromatic N) is 1. The Kier molecular flexibility index (Phi) is 1.89. The number of H-pyrrole nitrogens is 1. The van der Waals surface area contributed by atoms with Gasteiger partial charge in [0.25, 0.3) is 0 Å². The van der Waals surface area contributed by atoms with Crippen molar-refractivity contribution in [2.24, 2.45) is 0 Å². The van der Waals surface area contributed by atoms with Crippen molar-refractivity contribution in [3.8, 4) is 0 Å². The highest BCUT2D eigenvalue weighted by molar-refractivity contribution is 5.78. The molecule has 2 aromatic rings. The fraction of sp³-hybridized carbons (Fsp3) is 0.182. The number of pyridine rings is 1. The van der Waals surface area contributed by atoms with E-state index in [-0.39, 0.29) is 0 Å². The zero-order valence-electron chi connectivity index (χ0n) is 7.67. The van der Waals surface area contributed by atoms with E-state index >= 15 is 0 Å². The minimum absolute atomic E-state index is 0.961. The molecule has 2 aromatic heterocycles. The van der Waals surface area contributed by atoms with E-state index in [1.807, 2.05) is 12.3 Å². The van der Waals surface area contributed by atoms with E-state index in [9.17, 15) is 0 Å². The molecule has 2 nitrogen and oxygen atoms in total. The van der Waals surface area contributed by atoms with Crippen LogP contribution < -0.4 is 0 Å². The molecule has 13 heavy (non-hydrogen) atoms. The second-order valence-electron chi connectivity index (χ2n) is 3.06. The molecule has 2 heterocycles. The van der Waals surface area contributed by atoms with Gasteiger partial charge in [0.05, 0.1) is 0 Å². The lowest BCUT2D eigenvalue weighted by Gasteiger charge is -1.91. The van der Waals surface area contributed by atoms with Crippen LogP contribution in [0.15, 0.2) is 24.9 Å². The number of hydrogen-bond donors (Lipinski definition) is 1. The summed E-state index contributed by atoms with van der Waals surface area (Å²) >= 11 is 0. The van der Waals surface area contributed by atoms with Crippen LogP contribution in [0.3, 0.4) is 0 Å². The molecule has 0 aliphatic heterocycles. The summed E-state index contributed by atoms with van der Waals surface area (Å²) < 4.78 is 0. The molecule has 0 fully saturated rings. The number of nitrogens with one attached hydrogen (secondary N) is 1. The Morgan fingerprint density at radius 1 is 1.54 bits per heavy atom. The molecular formula is C11H12N2. The molecule has 1 N–H and O–H groups in total. The first-order valence-electron chi connectivity index (χ1n) is 4.43. The third kappa shape index (κ3) is 1.35. The summed E-state index contributed by atoms with van der Waals surface area (Å²) in [6.07, 6.45) is 4.65. The van der Waals surface area contributed by atoms with Crippen molar-refractivity contribution in [1.82, 2.24) is 9.97 Å². The second-order valence-corrected chi connectivity index (χ2v) is 3.06. The molecule has 0 bridgehead atoms. The van der Waals surface area contributed by atoms with Crippen LogP contribution >= 0.6 is 0 Å². The minimum atomic E-state index is 0.961. The number of hydrogen-bond acceptors (Lipinski definition) is 1. The van der Waals surface area contributed by atoms with Crippen LogP contribution in [-0.2, 0) is 6.42 Å². The number of aryl methyl sites for hydroxylation is 1.